The minimum Gasteiger partial charge on any atom is -0.508 e. The molecule has 2 aromatic rings. The fraction of sp³-hybridized carbons (Fsp3) is 0.564. The minimum atomic E-state index is -1.79. The fourth-order valence-corrected chi connectivity index (χ4v) is 8.24. The Labute approximate surface area is 470 Å². The maximum atomic E-state index is 14.4. The van der Waals surface area contributed by atoms with Crippen LogP contribution >= 0.6 is 0 Å². The van der Waals surface area contributed by atoms with Gasteiger partial charge in [-0.2, -0.15) is 0 Å². The molecule has 0 aromatic heterocycles. The van der Waals surface area contributed by atoms with Gasteiger partial charge in [-0.15, -0.1) is 0 Å². The van der Waals surface area contributed by atoms with Gasteiger partial charge in [-0.25, -0.2) is 4.79 Å². The highest BCUT2D eigenvalue weighted by Crippen LogP contribution is 2.17. The van der Waals surface area contributed by atoms with E-state index in [1.807, 2.05) is 0 Å². The lowest BCUT2D eigenvalue weighted by molar-refractivity contribution is -0.144. The number of nitrogens with two attached hydrogens (primary N) is 2. The number of carbonyl (C=O) groups excluding carboxylic acids is 9. The Morgan fingerprint density at radius 3 is 1.36 bits per heavy atom. The van der Waals surface area contributed by atoms with Crippen molar-refractivity contribution in [3.8, 4) is 5.75 Å². The van der Waals surface area contributed by atoms with Crippen LogP contribution in [0.15, 0.2) is 54.6 Å². The Hall–Kier alpha value is -8.16. The summed E-state index contributed by atoms with van der Waals surface area (Å²) in [5, 5.41) is 58.7. The molecule has 16 N–H and O–H groups in total. The van der Waals surface area contributed by atoms with Crippen LogP contribution in [-0.4, -0.2) is 146 Å². The number of aromatic hydroxyl groups is 1. The molecule has 0 radical (unpaired) electrons. The first kappa shape index (κ1) is 68.9. The summed E-state index contributed by atoms with van der Waals surface area (Å²) in [7, 11) is 0. The van der Waals surface area contributed by atoms with Gasteiger partial charge in [-0.3, -0.25) is 52.7 Å². The van der Waals surface area contributed by atoms with Crippen LogP contribution in [0.4, 0.5) is 0 Å². The zero-order chi connectivity index (χ0) is 61.3. The van der Waals surface area contributed by atoms with Crippen molar-refractivity contribution in [2.75, 3.05) is 0 Å². The van der Waals surface area contributed by atoms with Crippen LogP contribution in [0.1, 0.15) is 118 Å². The Bertz CT molecular complexity index is 2490. The van der Waals surface area contributed by atoms with Gasteiger partial charge in [-0.1, -0.05) is 111 Å². The third kappa shape index (κ3) is 24.4. The average molecular weight is 1140 g/mol. The highest BCUT2D eigenvalue weighted by atomic mass is 16.4. The highest BCUT2D eigenvalue weighted by molar-refractivity contribution is 5.99. The van der Waals surface area contributed by atoms with Crippen molar-refractivity contribution < 1.29 is 78.0 Å². The van der Waals surface area contributed by atoms with E-state index in [9.17, 15) is 78.0 Å². The van der Waals surface area contributed by atoms with Crippen LogP contribution in [0.5, 0.6) is 5.75 Å². The number of primary amides is 1. The Morgan fingerprint density at radius 2 is 0.889 bits per heavy atom. The van der Waals surface area contributed by atoms with E-state index in [1.165, 1.54) is 38.1 Å². The molecule has 2 rings (SSSR count). The molecule has 11 unspecified atom stereocenters. The largest absolute Gasteiger partial charge is 0.508 e. The first-order valence-electron chi connectivity index (χ1n) is 26.9. The zero-order valence-corrected chi connectivity index (χ0v) is 47.1. The minimum absolute atomic E-state index is 0.0170. The van der Waals surface area contributed by atoms with E-state index < -0.39 is 175 Å². The molecule has 2 aromatic carbocycles. The smallest absolute Gasteiger partial charge is 0.326 e. The number of amides is 9. The van der Waals surface area contributed by atoms with Crippen molar-refractivity contribution in [3.05, 3.63) is 65.7 Å². The molecule has 0 aliphatic carbocycles. The molecule has 0 aliphatic heterocycles. The number of benzene rings is 2. The predicted molar refractivity (Wildman–Crippen MR) is 294 cm³/mol. The van der Waals surface area contributed by atoms with E-state index in [0.717, 1.165) is 5.56 Å². The number of phenols is 1. The van der Waals surface area contributed by atoms with Crippen molar-refractivity contribution in [2.24, 2.45) is 35.1 Å². The molecule has 0 saturated carbocycles. The summed E-state index contributed by atoms with van der Waals surface area (Å²) < 4.78 is 0. The number of carbonyl (C=O) groups is 12. The van der Waals surface area contributed by atoms with Gasteiger partial charge in [0, 0.05) is 19.3 Å². The maximum Gasteiger partial charge on any atom is 0.326 e. The summed E-state index contributed by atoms with van der Waals surface area (Å²) >= 11 is 0. The summed E-state index contributed by atoms with van der Waals surface area (Å²) in [4.78, 5) is 159. The van der Waals surface area contributed by atoms with Crippen molar-refractivity contribution in [2.45, 2.75) is 174 Å². The molecule has 0 bridgehead atoms. The lowest BCUT2D eigenvalue weighted by Crippen LogP contribution is -2.62. The first-order chi connectivity index (χ1) is 38.0. The number of rotatable bonds is 36. The lowest BCUT2D eigenvalue weighted by atomic mass is 9.95. The number of aliphatic carboxylic acids is 3. The Kier molecular flexibility index (Phi) is 29.0. The summed E-state index contributed by atoms with van der Waals surface area (Å²) in [6.45, 7) is 13.1. The third-order valence-corrected chi connectivity index (χ3v) is 13.4. The number of nitrogens with one attached hydrogen (secondary N) is 8. The van der Waals surface area contributed by atoms with Gasteiger partial charge in [0.15, 0.2) is 0 Å². The van der Waals surface area contributed by atoms with Gasteiger partial charge in [0.25, 0.3) is 0 Å². The van der Waals surface area contributed by atoms with Crippen molar-refractivity contribution in [1.82, 2.24) is 42.5 Å². The van der Waals surface area contributed by atoms with Crippen LogP contribution in [-0.2, 0) is 70.4 Å². The number of hydrogen-bond donors (Lipinski definition) is 14. The SMILES string of the molecule is CCC(C)C(NC(=O)C(N)Cc1ccccc1)C(=O)NC(Cc1ccc(O)cc1)C(=O)NC(CCC(N)=O)C(=O)NC(CCC(=O)O)C(=O)NC(C(=O)NC(C(=O)NC(CC(=O)O)C(=O)NC(CC(C)C)C(=O)O)C(C)CC)C(C)C. The molecule has 0 aliphatic rings. The van der Waals surface area contributed by atoms with E-state index in [2.05, 4.69) is 42.5 Å². The quantitative estimate of drug-likeness (QED) is 0.0422. The molecule has 26 heteroatoms. The second kappa shape index (κ2) is 34.1. The second-order valence-electron chi connectivity index (χ2n) is 20.9. The summed E-state index contributed by atoms with van der Waals surface area (Å²) in [5.41, 5.74) is 12.9. The fourth-order valence-electron chi connectivity index (χ4n) is 8.24. The second-order valence-corrected chi connectivity index (χ2v) is 20.9. The average Bonchev–Trinajstić information content (AvgIpc) is 3.42. The number of carboxylic acids is 3. The van der Waals surface area contributed by atoms with E-state index in [0.29, 0.717) is 12.0 Å². The molecule has 0 fully saturated rings. The van der Waals surface area contributed by atoms with Crippen molar-refractivity contribution in [1.29, 1.82) is 0 Å². The van der Waals surface area contributed by atoms with Gasteiger partial charge < -0.3 is 74.4 Å². The zero-order valence-electron chi connectivity index (χ0n) is 47.1. The molecule has 81 heavy (non-hydrogen) atoms. The van der Waals surface area contributed by atoms with Gasteiger partial charge in [-0.05, 0) is 72.6 Å². The Balaban J connectivity index is 2.49. The van der Waals surface area contributed by atoms with E-state index in [1.54, 1.807) is 71.9 Å². The summed E-state index contributed by atoms with van der Waals surface area (Å²) in [5.74, 6) is -15.3. The third-order valence-electron chi connectivity index (χ3n) is 13.4. The van der Waals surface area contributed by atoms with E-state index >= 15 is 0 Å². The number of carboxylic acid groups (broad SMARTS) is 3. The van der Waals surface area contributed by atoms with E-state index in [4.69, 9.17) is 11.5 Å². The predicted octanol–water partition coefficient (Wildman–Crippen LogP) is -0.133. The molecule has 0 heterocycles. The van der Waals surface area contributed by atoms with Crippen LogP contribution in [0, 0.1) is 23.7 Å². The monoisotopic (exact) mass is 1140 g/mol. The molecule has 448 valence electrons. The van der Waals surface area contributed by atoms with Crippen LogP contribution in [0.3, 0.4) is 0 Å². The molecular formula is C55H82N10O16. The molecule has 11 atom stereocenters. The van der Waals surface area contributed by atoms with Gasteiger partial charge in [0.05, 0.1) is 12.5 Å². The number of hydrogen-bond acceptors (Lipinski definition) is 14. The number of phenolic OH excluding ortho intramolecular Hbond substituents is 1. The molecule has 0 spiro atoms. The highest BCUT2D eigenvalue weighted by Gasteiger charge is 2.38. The molecule has 26 nitrogen and oxygen atoms in total. The summed E-state index contributed by atoms with van der Waals surface area (Å²) in [6.07, 6.45) is -2.73. The first-order valence-corrected chi connectivity index (χ1v) is 26.9. The standard InChI is InChI=1S/C55H82N10O16/c1-9-30(7)45(64-47(72)35(56)25-32-14-12-11-13-15-32)53(78)60-38(26-33-16-18-34(66)19-17-33)50(75)59-36(20-22-41(57)67)48(73)58-37(21-23-42(68)69)49(74)63-44(29(5)6)52(77)65-46(31(8)10-2)54(79)61-39(27-43(70)71)51(76)62-40(55(80)81)24-28(3)4/h11-19,28-31,35-40,44-46,66H,9-10,20-27,56H2,1-8H3,(H2,57,67)(H,58,73)(H,59,75)(H,60,78)(H,61,79)(H,62,76)(H,63,74)(H,64,72)(H,65,77)(H,68,69)(H,70,71)(H,80,81). The maximum absolute atomic E-state index is 14.4. The molecular weight excluding hydrogens is 1060 g/mol. The van der Waals surface area contributed by atoms with Crippen LogP contribution in [0.2, 0.25) is 0 Å². The van der Waals surface area contributed by atoms with Crippen LogP contribution < -0.4 is 54.0 Å². The normalized spacial score (nSPS) is 15.2. The van der Waals surface area contributed by atoms with Gasteiger partial charge >= 0.3 is 17.9 Å². The topological polar surface area (TPSA) is 434 Å². The lowest BCUT2D eigenvalue weighted by Gasteiger charge is -2.30. The van der Waals surface area contributed by atoms with Crippen molar-refractivity contribution in [3.63, 3.8) is 0 Å². The Morgan fingerprint density at radius 1 is 0.469 bits per heavy atom. The van der Waals surface area contributed by atoms with Gasteiger partial charge in [0.2, 0.25) is 53.2 Å². The molecule has 0 saturated heterocycles. The van der Waals surface area contributed by atoms with Crippen molar-refractivity contribution >= 4 is 71.1 Å². The van der Waals surface area contributed by atoms with Gasteiger partial charge in [0.1, 0.15) is 54.1 Å². The van der Waals surface area contributed by atoms with Crippen LogP contribution in [0.25, 0.3) is 0 Å². The molecule has 9 amide bonds. The van der Waals surface area contributed by atoms with E-state index in [-0.39, 0.29) is 37.4 Å². The summed E-state index contributed by atoms with van der Waals surface area (Å²) in [6, 6.07) is 1.12.